The predicted molar refractivity (Wildman–Crippen MR) is 63.3 cm³/mol. The molecule has 1 aliphatic heterocycles. The molecule has 1 heterocycles. The van der Waals surface area contributed by atoms with Crippen molar-refractivity contribution in [3.63, 3.8) is 0 Å². The molecule has 17 heavy (non-hydrogen) atoms. The van der Waals surface area contributed by atoms with Gasteiger partial charge in [-0.1, -0.05) is 0 Å². The van der Waals surface area contributed by atoms with Crippen LogP contribution in [-0.4, -0.2) is 60.0 Å². The van der Waals surface area contributed by atoms with Crippen LogP contribution in [0.4, 0.5) is 0 Å². The fourth-order valence-corrected chi connectivity index (χ4v) is 1.07. The molecule has 0 atom stereocenters. The molecule has 0 unspecified atom stereocenters. The summed E-state index contributed by atoms with van der Waals surface area (Å²) in [6.45, 7) is 3.94. The first kappa shape index (κ1) is 36.0. The van der Waals surface area contributed by atoms with E-state index in [1.54, 1.807) is 0 Å². The highest BCUT2D eigenvalue weighted by Crippen LogP contribution is 1.90. The normalized spacial score (nSPS) is 11.9. The van der Waals surface area contributed by atoms with Gasteiger partial charge in [0, 0.05) is 0 Å². The quantitative estimate of drug-likeness (QED) is 0.482. The van der Waals surface area contributed by atoms with E-state index in [0.717, 1.165) is 0 Å². The standard InChI is InChI=1S/C4H9N.C2H6O4S.5H2O/c1-2-4-5-3-1;1-2-6-7(3,4)5;;;;;/h5H,1-4H2;2H2,1H3,(H,3,4,5);5*1H2. The van der Waals surface area contributed by atoms with Crippen molar-refractivity contribution in [1.29, 1.82) is 0 Å². The first-order chi connectivity index (χ1) is 5.56. The molecule has 11 heteroatoms. The third kappa shape index (κ3) is 39.0. The lowest BCUT2D eigenvalue weighted by Gasteiger charge is -1.88. The predicted octanol–water partition coefficient (Wildman–Crippen LogP) is -3.93. The number of hydrogen-bond donors (Lipinski definition) is 2. The maximum atomic E-state index is 9.56. The van der Waals surface area contributed by atoms with Crippen LogP contribution in [0.3, 0.4) is 0 Å². The second-order valence-electron chi connectivity index (χ2n) is 2.29. The van der Waals surface area contributed by atoms with E-state index < -0.39 is 10.4 Å². The Kier molecular flexibility index (Phi) is 44.4. The lowest BCUT2D eigenvalue weighted by molar-refractivity contribution is 0.283. The van der Waals surface area contributed by atoms with Gasteiger partial charge < -0.3 is 32.7 Å². The lowest BCUT2D eigenvalue weighted by atomic mass is 10.4. The molecule has 0 aromatic carbocycles. The molecule has 10 nitrogen and oxygen atoms in total. The Morgan fingerprint density at radius 1 is 1.06 bits per heavy atom. The molecule has 0 spiro atoms. The molecule has 0 aliphatic carbocycles. The Morgan fingerprint density at radius 3 is 1.47 bits per heavy atom. The molecule has 0 aromatic rings. The van der Waals surface area contributed by atoms with Crippen LogP contribution in [0.5, 0.6) is 0 Å². The van der Waals surface area contributed by atoms with Crippen molar-refractivity contribution >= 4 is 10.4 Å². The van der Waals surface area contributed by atoms with E-state index in [9.17, 15) is 8.42 Å². The molecule has 1 rings (SSSR count). The SMILES string of the molecule is C1CCNC1.CCOS(=O)(=O)O.O.O.O.O.O. The van der Waals surface area contributed by atoms with Crippen LogP contribution in [0, 0.1) is 0 Å². The molecule has 1 saturated heterocycles. The van der Waals surface area contributed by atoms with Crippen molar-refractivity contribution in [2.75, 3.05) is 19.7 Å². The molecule has 0 radical (unpaired) electrons. The number of nitrogens with one attached hydrogen (secondary N) is 1. The minimum absolute atomic E-state index is 0. The van der Waals surface area contributed by atoms with Crippen LogP contribution in [0.25, 0.3) is 0 Å². The molecule has 12 N–H and O–H groups in total. The minimum Gasteiger partial charge on any atom is -0.412 e. The molecule has 1 fully saturated rings. The van der Waals surface area contributed by atoms with Crippen LogP contribution < -0.4 is 5.32 Å². The van der Waals surface area contributed by atoms with Crippen LogP contribution >= 0.6 is 0 Å². The van der Waals surface area contributed by atoms with Gasteiger partial charge in [-0.15, -0.1) is 0 Å². The van der Waals surface area contributed by atoms with Gasteiger partial charge in [-0.05, 0) is 32.9 Å². The summed E-state index contributed by atoms with van der Waals surface area (Å²) >= 11 is 0. The Morgan fingerprint density at radius 2 is 1.41 bits per heavy atom. The van der Waals surface area contributed by atoms with Crippen molar-refractivity contribution in [3.8, 4) is 0 Å². The van der Waals surface area contributed by atoms with Gasteiger partial charge in [0.1, 0.15) is 0 Å². The van der Waals surface area contributed by atoms with E-state index >= 15 is 0 Å². The van der Waals surface area contributed by atoms with E-state index in [0.29, 0.717) is 0 Å². The van der Waals surface area contributed by atoms with Gasteiger partial charge in [0.2, 0.25) is 0 Å². The van der Waals surface area contributed by atoms with Crippen molar-refractivity contribution in [1.82, 2.24) is 5.32 Å². The van der Waals surface area contributed by atoms with E-state index in [1.165, 1.54) is 32.9 Å². The number of rotatable bonds is 2. The second kappa shape index (κ2) is 21.0. The van der Waals surface area contributed by atoms with E-state index in [4.69, 9.17) is 4.55 Å². The van der Waals surface area contributed by atoms with Crippen molar-refractivity contribution in [2.45, 2.75) is 19.8 Å². The Labute approximate surface area is 100 Å². The number of hydrogen-bond acceptors (Lipinski definition) is 4. The fourth-order valence-electron chi connectivity index (χ4n) is 0.774. The van der Waals surface area contributed by atoms with Gasteiger partial charge >= 0.3 is 10.4 Å². The summed E-state index contributed by atoms with van der Waals surface area (Å²) in [7, 11) is -4.17. The summed E-state index contributed by atoms with van der Waals surface area (Å²) in [5, 5.41) is 3.22. The molecule has 1 aliphatic rings. The first-order valence-electron chi connectivity index (χ1n) is 3.89. The van der Waals surface area contributed by atoms with Crippen molar-refractivity contribution in [2.24, 2.45) is 0 Å². The summed E-state index contributed by atoms with van der Waals surface area (Å²) < 4.78 is 30.7. The molecule has 0 bridgehead atoms. The summed E-state index contributed by atoms with van der Waals surface area (Å²) in [6, 6.07) is 0. The first-order valence-corrected chi connectivity index (χ1v) is 5.25. The molecule has 114 valence electrons. The van der Waals surface area contributed by atoms with Crippen LogP contribution in [0.15, 0.2) is 0 Å². The summed E-state index contributed by atoms with van der Waals surface area (Å²) in [5.41, 5.74) is 0. The van der Waals surface area contributed by atoms with E-state index in [1.807, 2.05) is 0 Å². The maximum Gasteiger partial charge on any atom is 0.397 e. The van der Waals surface area contributed by atoms with Crippen molar-refractivity contribution < 1.29 is 44.5 Å². The molecular formula is C6H25NO9S. The largest absolute Gasteiger partial charge is 0.412 e. The topological polar surface area (TPSA) is 233 Å². The zero-order chi connectivity index (χ0) is 9.45. The summed E-state index contributed by atoms with van der Waals surface area (Å²) in [6.07, 6.45) is 2.78. The summed E-state index contributed by atoms with van der Waals surface area (Å²) in [5.74, 6) is 0. The lowest BCUT2D eigenvalue weighted by Crippen LogP contribution is -2.03. The van der Waals surface area contributed by atoms with Gasteiger partial charge in [-0.3, -0.25) is 4.55 Å². The van der Waals surface area contributed by atoms with Crippen LogP contribution in [0.2, 0.25) is 0 Å². The minimum atomic E-state index is -4.17. The Bertz CT molecular complexity index is 184. The van der Waals surface area contributed by atoms with Gasteiger partial charge in [-0.2, -0.15) is 8.42 Å². The van der Waals surface area contributed by atoms with Gasteiger partial charge in [0.15, 0.2) is 0 Å². The van der Waals surface area contributed by atoms with Crippen LogP contribution in [-0.2, 0) is 14.6 Å². The van der Waals surface area contributed by atoms with Gasteiger partial charge in [0.05, 0.1) is 6.61 Å². The maximum absolute atomic E-state index is 9.56. The average Bonchev–Trinajstić information content (AvgIpc) is 2.38. The Balaban J connectivity index is -0.0000000280. The van der Waals surface area contributed by atoms with Crippen LogP contribution in [0.1, 0.15) is 19.8 Å². The zero-order valence-corrected chi connectivity index (χ0v) is 10.4. The monoisotopic (exact) mass is 287 g/mol. The molecule has 0 saturated carbocycles. The highest BCUT2D eigenvalue weighted by atomic mass is 32.3. The zero-order valence-electron chi connectivity index (χ0n) is 9.62. The molecule has 0 amide bonds. The third-order valence-corrected chi connectivity index (χ3v) is 1.76. The highest BCUT2D eigenvalue weighted by Gasteiger charge is 1.98. The smallest absolute Gasteiger partial charge is 0.397 e. The second-order valence-corrected chi connectivity index (χ2v) is 3.38. The van der Waals surface area contributed by atoms with E-state index in [-0.39, 0.29) is 34.0 Å². The Hall–Kier alpha value is -0.370. The molecule has 0 aromatic heterocycles. The average molecular weight is 287 g/mol. The van der Waals surface area contributed by atoms with Crippen molar-refractivity contribution in [3.05, 3.63) is 0 Å². The van der Waals surface area contributed by atoms with E-state index in [2.05, 4.69) is 9.50 Å². The highest BCUT2D eigenvalue weighted by molar-refractivity contribution is 7.80. The fraction of sp³-hybridized carbons (Fsp3) is 1.00. The summed E-state index contributed by atoms with van der Waals surface area (Å²) in [4.78, 5) is 0. The molecular weight excluding hydrogens is 262 g/mol. The third-order valence-electron chi connectivity index (χ3n) is 1.22. The van der Waals surface area contributed by atoms with Gasteiger partial charge in [-0.25, -0.2) is 4.18 Å². The van der Waals surface area contributed by atoms with Gasteiger partial charge in [0.25, 0.3) is 0 Å².